The van der Waals surface area contributed by atoms with E-state index in [9.17, 15) is 23.1 Å². The first-order valence-electron chi connectivity index (χ1n) is 8.93. The number of aromatic hydroxyl groups is 1. The summed E-state index contributed by atoms with van der Waals surface area (Å²) in [5, 5.41) is 11.2. The number of hydrogen-bond acceptors (Lipinski definition) is 4. The van der Waals surface area contributed by atoms with E-state index in [2.05, 4.69) is 4.98 Å². The quantitative estimate of drug-likeness (QED) is 0.469. The summed E-state index contributed by atoms with van der Waals surface area (Å²) in [5.74, 6) is -0.300. The van der Waals surface area contributed by atoms with Crippen LogP contribution in [0.5, 0.6) is 5.88 Å². The van der Waals surface area contributed by atoms with Crippen LogP contribution in [0.1, 0.15) is 11.1 Å². The Morgan fingerprint density at radius 3 is 2.53 bits per heavy atom. The van der Waals surface area contributed by atoms with Crippen molar-refractivity contribution >= 4 is 22.7 Å². The van der Waals surface area contributed by atoms with Crippen molar-refractivity contribution in [3.05, 3.63) is 82.5 Å². The van der Waals surface area contributed by atoms with E-state index in [1.807, 2.05) is 31.2 Å². The highest BCUT2D eigenvalue weighted by Crippen LogP contribution is 2.37. The highest BCUT2D eigenvalue weighted by atomic mass is 32.2. The molecule has 2 aromatic heterocycles. The van der Waals surface area contributed by atoms with Gasteiger partial charge in [-0.25, -0.2) is 9.36 Å². The van der Waals surface area contributed by atoms with E-state index in [1.54, 1.807) is 6.20 Å². The number of benzene rings is 2. The largest absolute Gasteiger partial charge is 0.493 e. The van der Waals surface area contributed by atoms with E-state index < -0.39 is 11.2 Å². The molecule has 30 heavy (non-hydrogen) atoms. The molecule has 0 bridgehead atoms. The highest BCUT2D eigenvalue weighted by molar-refractivity contribution is 8.00. The molecule has 9 heteroatoms. The van der Waals surface area contributed by atoms with Gasteiger partial charge in [0.1, 0.15) is 0 Å². The predicted molar refractivity (Wildman–Crippen MR) is 109 cm³/mol. The topological polar surface area (TPSA) is 60.0 Å². The highest BCUT2D eigenvalue weighted by Gasteiger charge is 2.29. The van der Waals surface area contributed by atoms with Crippen LogP contribution in [-0.2, 0) is 6.54 Å². The number of imidazole rings is 1. The number of rotatable bonds is 4. The van der Waals surface area contributed by atoms with E-state index in [0.717, 1.165) is 26.6 Å². The molecular weight excluding hydrogens is 415 g/mol. The van der Waals surface area contributed by atoms with E-state index in [4.69, 9.17) is 0 Å². The molecule has 4 rings (SSSR count). The normalized spacial score (nSPS) is 11.9. The first-order valence-corrected chi connectivity index (χ1v) is 9.74. The maximum Gasteiger partial charge on any atom is 0.446 e. The van der Waals surface area contributed by atoms with Crippen molar-refractivity contribution in [1.82, 2.24) is 14.1 Å². The fraction of sp³-hybridized carbons (Fsp3) is 0.143. The van der Waals surface area contributed by atoms with Crippen molar-refractivity contribution in [3.63, 3.8) is 0 Å². The third-order valence-corrected chi connectivity index (χ3v) is 5.33. The van der Waals surface area contributed by atoms with Crippen molar-refractivity contribution in [2.24, 2.45) is 0 Å². The first kappa shape index (κ1) is 20.1. The molecule has 0 aliphatic carbocycles. The maximum absolute atomic E-state index is 12.9. The van der Waals surface area contributed by atoms with Crippen LogP contribution in [0.3, 0.4) is 0 Å². The van der Waals surface area contributed by atoms with Gasteiger partial charge in [0, 0.05) is 16.5 Å². The van der Waals surface area contributed by atoms with Gasteiger partial charge >= 0.3 is 11.2 Å². The van der Waals surface area contributed by atoms with Crippen LogP contribution in [0, 0.1) is 6.92 Å². The Morgan fingerprint density at radius 1 is 1.10 bits per heavy atom. The van der Waals surface area contributed by atoms with Gasteiger partial charge in [-0.1, -0.05) is 11.6 Å². The lowest BCUT2D eigenvalue weighted by Crippen LogP contribution is -2.23. The van der Waals surface area contributed by atoms with Crippen molar-refractivity contribution in [3.8, 4) is 11.6 Å². The van der Waals surface area contributed by atoms with Gasteiger partial charge in [-0.05, 0) is 66.7 Å². The van der Waals surface area contributed by atoms with E-state index in [1.165, 1.54) is 35.0 Å². The lowest BCUT2D eigenvalue weighted by Gasteiger charge is -2.08. The van der Waals surface area contributed by atoms with Crippen LogP contribution >= 0.6 is 11.8 Å². The minimum atomic E-state index is -4.39. The molecule has 5 nitrogen and oxygen atoms in total. The fourth-order valence-electron chi connectivity index (χ4n) is 3.27. The Morgan fingerprint density at radius 2 is 1.83 bits per heavy atom. The number of hydrogen-bond donors (Lipinski definition) is 1. The van der Waals surface area contributed by atoms with E-state index in [0.29, 0.717) is 0 Å². The second-order valence-electron chi connectivity index (χ2n) is 6.77. The van der Waals surface area contributed by atoms with Gasteiger partial charge < -0.3 is 5.11 Å². The lowest BCUT2D eigenvalue weighted by molar-refractivity contribution is -0.0328. The van der Waals surface area contributed by atoms with Crippen LogP contribution in [0.15, 0.2) is 70.6 Å². The zero-order chi connectivity index (χ0) is 21.5. The number of halogens is 3. The van der Waals surface area contributed by atoms with Crippen molar-refractivity contribution in [2.75, 3.05) is 0 Å². The summed E-state index contributed by atoms with van der Waals surface area (Å²) < 4.78 is 39.9. The molecular formula is C21H16F3N3O2S. The number of fused-ring (bicyclic) bond motifs is 1. The second-order valence-corrected chi connectivity index (χ2v) is 7.90. The molecule has 2 heterocycles. The van der Waals surface area contributed by atoms with Crippen LogP contribution in [0.4, 0.5) is 13.2 Å². The number of alkyl halides is 3. The predicted octanol–water partition coefficient (Wildman–Crippen LogP) is 4.86. The standard InChI is InChI=1S/C21H16F3N3O2S/c1-13-2-7-18-17(10-13)14(8-9-25-18)11-26-12-19(28)27(20(26)29)15-3-5-16(6-4-15)30-21(22,23)24/h2-10,12,28H,11H2,1H3. The molecule has 0 fully saturated rings. The molecule has 1 N–H and O–H groups in total. The summed E-state index contributed by atoms with van der Waals surface area (Å²) in [4.78, 5) is 17.2. The van der Waals surface area contributed by atoms with Gasteiger partial charge in [-0.15, -0.1) is 0 Å². The third kappa shape index (κ3) is 4.06. The zero-order valence-corrected chi connectivity index (χ0v) is 16.5. The molecule has 0 saturated carbocycles. The number of pyridine rings is 1. The summed E-state index contributed by atoms with van der Waals surface area (Å²) in [6, 6.07) is 12.9. The van der Waals surface area contributed by atoms with Gasteiger partial charge in [-0.3, -0.25) is 9.55 Å². The van der Waals surface area contributed by atoms with E-state index >= 15 is 0 Å². The molecule has 0 unspecified atom stereocenters. The van der Waals surface area contributed by atoms with E-state index in [-0.39, 0.29) is 34.8 Å². The van der Waals surface area contributed by atoms with Crippen LogP contribution < -0.4 is 5.69 Å². The minimum absolute atomic E-state index is 0.00292. The third-order valence-electron chi connectivity index (χ3n) is 4.59. The van der Waals surface area contributed by atoms with Crippen molar-refractivity contribution < 1.29 is 18.3 Å². The van der Waals surface area contributed by atoms with Gasteiger partial charge in [0.2, 0.25) is 5.88 Å². The Hall–Kier alpha value is -3.20. The average molecular weight is 431 g/mol. The second kappa shape index (κ2) is 7.56. The molecule has 0 radical (unpaired) electrons. The van der Waals surface area contributed by atoms with Crippen LogP contribution in [0.25, 0.3) is 16.6 Å². The lowest BCUT2D eigenvalue weighted by atomic mass is 10.1. The van der Waals surface area contributed by atoms with Gasteiger partial charge in [-0.2, -0.15) is 13.2 Å². The SMILES string of the molecule is Cc1ccc2nccc(Cn3cc(O)n(-c4ccc(SC(F)(F)F)cc4)c3=O)c2c1. The molecule has 0 atom stereocenters. The number of aryl methyl sites for hydroxylation is 1. The van der Waals surface area contributed by atoms with Gasteiger partial charge in [0.05, 0.1) is 23.9 Å². The number of aromatic nitrogens is 3. The van der Waals surface area contributed by atoms with Gasteiger partial charge in [0.15, 0.2) is 0 Å². The molecule has 2 aromatic carbocycles. The van der Waals surface area contributed by atoms with Crippen molar-refractivity contribution in [1.29, 1.82) is 0 Å². The molecule has 0 aliphatic heterocycles. The van der Waals surface area contributed by atoms with Crippen molar-refractivity contribution in [2.45, 2.75) is 23.9 Å². The zero-order valence-electron chi connectivity index (χ0n) is 15.7. The summed E-state index contributed by atoms with van der Waals surface area (Å²) in [6.07, 6.45) is 2.97. The molecule has 154 valence electrons. The smallest absolute Gasteiger partial charge is 0.446 e. The molecule has 0 spiro atoms. The summed E-state index contributed by atoms with van der Waals surface area (Å²) in [5.41, 5.74) is -1.90. The molecule has 0 aliphatic rings. The summed E-state index contributed by atoms with van der Waals surface area (Å²) >= 11 is -0.239. The average Bonchev–Trinajstić information content (AvgIpc) is 2.95. The molecule has 4 aromatic rings. The van der Waals surface area contributed by atoms with Crippen LogP contribution in [0.2, 0.25) is 0 Å². The maximum atomic E-state index is 12.9. The first-order chi connectivity index (χ1) is 14.2. The summed E-state index contributed by atoms with van der Waals surface area (Å²) in [6.45, 7) is 2.18. The Bertz CT molecular complexity index is 1280. The summed E-state index contributed by atoms with van der Waals surface area (Å²) in [7, 11) is 0. The minimum Gasteiger partial charge on any atom is -0.493 e. The van der Waals surface area contributed by atoms with Gasteiger partial charge in [0.25, 0.3) is 0 Å². The molecule has 0 saturated heterocycles. The van der Waals surface area contributed by atoms with Crippen LogP contribution in [-0.4, -0.2) is 24.7 Å². The Kier molecular flexibility index (Phi) is 5.07. The Labute approximate surface area is 173 Å². The molecule has 0 amide bonds. The number of thioether (sulfide) groups is 1. The Balaban J connectivity index is 1.68. The fourth-order valence-corrected chi connectivity index (χ4v) is 3.81. The number of nitrogens with zero attached hydrogens (tertiary/aromatic N) is 3. The monoisotopic (exact) mass is 431 g/mol.